The number of carbonyl (C=O) groups excluding carboxylic acids is 2. The van der Waals surface area contributed by atoms with Crippen molar-refractivity contribution in [2.24, 2.45) is 22.7 Å². The highest BCUT2D eigenvalue weighted by molar-refractivity contribution is 6.02. The molecule has 0 heterocycles. The van der Waals surface area contributed by atoms with Crippen LogP contribution in [0.3, 0.4) is 0 Å². The van der Waals surface area contributed by atoms with E-state index >= 15 is 0 Å². The molecule has 6 aromatic rings. The van der Waals surface area contributed by atoms with Crippen LogP contribution < -0.4 is 21.3 Å². The molecule has 0 radical (unpaired) electrons. The second kappa shape index (κ2) is 11.3. The van der Waals surface area contributed by atoms with Gasteiger partial charge in [-0.15, -0.1) is 0 Å². The summed E-state index contributed by atoms with van der Waals surface area (Å²) in [4.78, 5) is 26.4. The van der Waals surface area contributed by atoms with Crippen LogP contribution >= 0.6 is 0 Å². The topological polar surface area (TPSA) is 82.3 Å². The SMILES string of the molecule is O=C(NCC12CC3CC(C1)CC(CNC(=O)Nc1ccc4cc5ccccc5cc4c1)(C3)C2)Nc1ccc2cc3ccccc3cc2c1. The number of amides is 4. The van der Waals surface area contributed by atoms with Crippen molar-refractivity contribution in [1.29, 1.82) is 0 Å². The van der Waals surface area contributed by atoms with E-state index in [-0.39, 0.29) is 22.9 Å². The molecule has 4 aliphatic rings. The third-order valence-electron chi connectivity index (χ3n) is 11.5. The number of hydrogen-bond donors (Lipinski definition) is 4. The Kier molecular flexibility index (Phi) is 6.82. The predicted molar refractivity (Wildman–Crippen MR) is 196 cm³/mol. The van der Waals surface area contributed by atoms with E-state index in [2.05, 4.69) is 118 Å². The predicted octanol–water partition coefficient (Wildman–Crippen LogP) is 9.83. The third-order valence-corrected chi connectivity index (χ3v) is 11.5. The summed E-state index contributed by atoms with van der Waals surface area (Å²) in [5, 5.41) is 22.0. The Bertz CT molecular complexity index is 2070. The maximum absolute atomic E-state index is 13.2. The van der Waals surface area contributed by atoms with Crippen LogP contribution in [-0.4, -0.2) is 25.2 Å². The highest BCUT2D eigenvalue weighted by Gasteiger charge is 2.57. The standard InChI is InChI=1S/C42H40N4O2/c47-39(45-37-11-9-33-14-29-5-1-3-7-31(29)16-35(33)18-37)43-25-41-20-27-13-28(21-41)23-42(22-27,24-41)26-44-40(48)46-38-12-10-34-15-30-6-2-4-8-32(30)17-36(34)19-38/h1-12,14-19,27-28H,13,20-26H2,(H2,43,45,47)(H2,44,46,48). The van der Waals surface area contributed by atoms with Crippen LogP contribution in [0.25, 0.3) is 43.1 Å². The molecule has 4 bridgehead atoms. The Morgan fingerprint density at radius 2 is 0.875 bits per heavy atom. The number of fused-ring (bicyclic) bond motifs is 4. The van der Waals surface area contributed by atoms with E-state index in [9.17, 15) is 9.59 Å². The summed E-state index contributed by atoms with van der Waals surface area (Å²) in [5.41, 5.74) is 1.77. The van der Waals surface area contributed by atoms with Gasteiger partial charge >= 0.3 is 12.1 Å². The van der Waals surface area contributed by atoms with Gasteiger partial charge in [0.1, 0.15) is 0 Å². The first-order valence-electron chi connectivity index (χ1n) is 17.3. The van der Waals surface area contributed by atoms with E-state index < -0.39 is 0 Å². The summed E-state index contributed by atoms with van der Waals surface area (Å²) >= 11 is 0. The Labute approximate surface area is 280 Å². The first-order chi connectivity index (χ1) is 23.4. The van der Waals surface area contributed by atoms with Crippen molar-refractivity contribution >= 4 is 66.5 Å². The van der Waals surface area contributed by atoms with Gasteiger partial charge in [0.25, 0.3) is 0 Å². The van der Waals surface area contributed by atoms with Crippen LogP contribution in [-0.2, 0) is 0 Å². The number of carbonyl (C=O) groups is 2. The molecular weight excluding hydrogens is 592 g/mol. The van der Waals surface area contributed by atoms with Crippen molar-refractivity contribution in [1.82, 2.24) is 10.6 Å². The van der Waals surface area contributed by atoms with E-state index in [4.69, 9.17) is 0 Å². The van der Waals surface area contributed by atoms with Crippen molar-refractivity contribution < 1.29 is 9.59 Å². The number of hydrogen-bond acceptors (Lipinski definition) is 2. The van der Waals surface area contributed by atoms with Gasteiger partial charge in [-0.05, 0) is 153 Å². The zero-order chi connectivity index (χ0) is 32.3. The number of anilines is 2. The molecule has 0 spiro atoms. The molecule has 0 atom stereocenters. The molecule has 0 aromatic heterocycles. The van der Waals surface area contributed by atoms with Gasteiger partial charge in [0.2, 0.25) is 0 Å². The number of nitrogens with one attached hydrogen (secondary N) is 4. The van der Waals surface area contributed by atoms with Crippen molar-refractivity contribution in [3.05, 3.63) is 109 Å². The van der Waals surface area contributed by atoms with Crippen LogP contribution in [0, 0.1) is 22.7 Å². The summed E-state index contributed by atoms with van der Waals surface area (Å²) in [6.07, 6.45) is 6.96. The number of urea groups is 2. The minimum absolute atomic E-state index is 0.0863. The van der Waals surface area contributed by atoms with Gasteiger partial charge in [0, 0.05) is 24.5 Å². The molecule has 6 heteroatoms. The normalized spacial score (nSPS) is 24.2. The Balaban J connectivity index is 0.838. The molecule has 0 saturated heterocycles. The molecule has 0 unspecified atom stereocenters. The molecule has 6 aromatic carbocycles. The molecule has 48 heavy (non-hydrogen) atoms. The summed E-state index contributed by atoms with van der Waals surface area (Å²) in [7, 11) is 0. The summed E-state index contributed by atoms with van der Waals surface area (Å²) < 4.78 is 0. The minimum atomic E-state index is -0.152. The monoisotopic (exact) mass is 632 g/mol. The van der Waals surface area contributed by atoms with Gasteiger partial charge in [-0.2, -0.15) is 0 Å². The maximum atomic E-state index is 13.2. The van der Waals surface area contributed by atoms with Gasteiger partial charge in [0.05, 0.1) is 0 Å². The minimum Gasteiger partial charge on any atom is -0.337 e. The smallest absolute Gasteiger partial charge is 0.319 e. The Morgan fingerprint density at radius 1 is 0.500 bits per heavy atom. The molecule has 4 N–H and O–H groups in total. The van der Waals surface area contributed by atoms with Gasteiger partial charge in [-0.3, -0.25) is 0 Å². The summed E-state index contributed by atoms with van der Waals surface area (Å²) in [5.74, 6) is 1.32. The van der Waals surface area contributed by atoms with E-state index in [1.165, 1.54) is 28.0 Å². The van der Waals surface area contributed by atoms with Crippen LogP contribution in [0.1, 0.15) is 38.5 Å². The lowest BCUT2D eigenvalue weighted by atomic mass is 9.44. The first-order valence-corrected chi connectivity index (χ1v) is 17.3. The summed E-state index contributed by atoms with van der Waals surface area (Å²) in [6, 6.07) is 37.4. The van der Waals surface area contributed by atoms with E-state index in [0.29, 0.717) is 24.9 Å². The van der Waals surface area contributed by atoms with Crippen molar-refractivity contribution in [2.45, 2.75) is 38.5 Å². The Morgan fingerprint density at radius 3 is 1.29 bits per heavy atom. The molecule has 4 amide bonds. The van der Waals surface area contributed by atoms with Crippen LogP contribution in [0.4, 0.5) is 21.0 Å². The average Bonchev–Trinajstić information content (AvgIpc) is 3.07. The fourth-order valence-corrected chi connectivity index (χ4v) is 9.98. The van der Waals surface area contributed by atoms with Crippen LogP contribution in [0.15, 0.2) is 109 Å². The van der Waals surface area contributed by atoms with Crippen LogP contribution in [0.2, 0.25) is 0 Å². The molecule has 0 aliphatic heterocycles. The first kappa shape index (κ1) is 29.1. The van der Waals surface area contributed by atoms with Crippen LogP contribution in [0.5, 0.6) is 0 Å². The van der Waals surface area contributed by atoms with E-state index in [1.807, 2.05) is 12.1 Å². The average molecular weight is 633 g/mol. The zero-order valence-electron chi connectivity index (χ0n) is 27.0. The quantitative estimate of drug-likeness (QED) is 0.138. The molecule has 4 saturated carbocycles. The largest absolute Gasteiger partial charge is 0.337 e. The van der Waals surface area contributed by atoms with Gasteiger partial charge < -0.3 is 21.3 Å². The van der Waals surface area contributed by atoms with Gasteiger partial charge in [0.15, 0.2) is 0 Å². The fourth-order valence-electron chi connectivity index (χ4n) is 9.98. The van der Waals surface area contributed by atoms with E-state index in [1.54, 1.807) is 0 Å². The zero-order valence-corrected chi connectivity index (χ0v) is 27.0. The number of benzene rings is 6. The molecule has 4 fully saturated rings. The van der Waals surface area contributed by atoms with Crippen molar-refractivity contribution in [3.8, 4) is 0 Å². The summed E-state index contributed by atoms with van der Waals surface area (Å²) in [6.45, 7) is 1.34. The van der Waals surface area contributed by atoms with Crippen molar-refractivity contribution in [3.63, 3.8) is 0 Å². The molecule has 240 valence electrons. The highest BCUT2D eigenvalue weighted by atomic mass is 16.2. The molecule has 4 aliphatic carbocycles. The fraction of sp³-hybridized carbons (Fsp3) is 0.286. The van der Waals surface area contributed by atoms with Gasteiger partial charge in [-0.1, -0.05) is 60.7 Å². The molecular formula is C42H40N4O2. The lowest BCUT2D eigenvalue weighted by molar-refractivity contribution is -0.105. The highest BCUT2D eigenvalue weighted by Crippen LogP contribution is 2.64. The molecule has 6 nitrogen and oxygen atoms in total. The lowest BCUT2D eigenvalue weighted by Gasteiger charge is -2.62. The Hall–Kier alpha value is -5.10. The number of rotatable bonds is 6. The second-order valence-electron chi connectivity index (χ2n) is 15.1. The lowest BCUT2D eigenvalue weighted by Crippen LogP contribution is -2.58. The third kappa shape index (κ3) is 5.49. The van der Waals surface area contributed by atoms with Crippen molar-refractivity contribution in [2.75, 3.05) is 23.7 Å². The van der Waals surface area contributed by atoms with Gasteiger partial charge in [-0.25, -0.2) is 9.59 Å². The van der Waals surface area contributed by atoms with E-state index in [0.717, 1.165) is 65.0 Å². The molecule has 10 rings (SSSR count). The second-order valence-corrected chi connectivity index (χ2v) is 15.1. The maximum Gasteiger partial charge on any atom is 0.319 e.